The van der Waals surface area contributed by atoms with E-state index < -0.39 is 0 Å². The third-order valence-electron chi connectivity index (χ3n) is 2.88. The van der Waals surface area contributed by atoms with Crippen LogP contribution in [0.2, 0.25) is 0 Å². The number of hydrogen-bond acceptors (Lipinski definition) is 1. The van der Waals surface area contributed by atoms with Crippen LogP contribution in [0.4, 0.5) is 0 Å². The van der Waals surface area contributed by atoms with Crippen LogP contribution in [0.25, 0.3) is 0 Å². The Balaban J connectivity index is 2.54. The highest BCUT2D eigenvalue weighted by atomic mass is 15.0. The third-order valence-corrected chi connectivity index (χ3v) is 2.88. The molecule has 0 aliphatic carbocycles. The molecular formula is C10H19N. The molecule has 0 aromatic carbocycles. The Hall–Kier alpha value is -0.300. The van der Waals surface area contributed by atoms with Crippen LogP contribution in [0, 0.1) is 5.92 Å². The third kappa shape index (κ3) is 1.84. The highest BCUT2D eigenvalue weighted by Crippen LogP contribution is 2.25. The van der Waals surface area contributed by atoms with Crippen molar-refractivity contribution in [3.8, 4) is 0 Å². The molecule has 1 saturated heterocycles. The van der Waals surface area contributed by atoms with Crippen LogP contribution in [-0.2, 0) is 0 Å². The second kappa shape index (κ2) is 3.40. The Morgan fingerprint density at radius 1 is 1.55 bits per heavy atom. The van der Waals surface area contributed by atoms with E-state index in [4.69, 9.17) is 0 Å². The standard InChI is InChI=1S/C10H19N/c1-5-10-6-7(2)8(3)11-9(10)4/h8-11H,2,5-6H2,1,3-4H3. The second-order valence-electron chi connectivity index (χ2n) is 3.71. The summed E-state index contributed by atoms with van der Waals surface area (Å²) in [6.45, 7) is 10.8. The zero-order valence-electron chi connectivity index (χ0n) is 7.85. The summed E-state index contributed by atoms with van der Waals surface area (Å²) in [5, 5.41) is 3.53. The SMILES string of the molecule is C=C1CC(CC)C(C)NC1C. The van der Waals surface area contributed by atoms with Gasteiger partial charge in [0.1, 0.15) is 0 Å². The van der Waals surface area contributed by atoms with Gasteiger partial charge in [-0.1, -0.05) is 25.5 Å². The van der Waals surface area contributed by atoms with E-state index in [-0.39, 0.29) is 0 Å². The van der Waals surface area contributed by atoms with Crippen LogP contribution in [0.15, 0.2) is 12.2 Å². The lowest BCUT2D eigenvalue weighted by Gasteiger charge is -2.35. The highest BCUT2D eigenvalue weighted by molar-refractivity contribution is 5.10. The molecule has 0 aromatic heterocycles. The minimum atomic E-state index is 0.521. The lowest BCUT2D eigenvalue weighted by atomic mass is 9.84. The van der Waals surface area contributed by atoms with Gasteiger partial charge in [0, 0.05) is 12.1 Å². The number of piperidine rings is 1. The largest absolute Gasteiger partial charge is 0.308 e. The number of rotatable bonds is 1. The number of hydrogen-bond donors (Lipinski definition) is 1. The molecule has 0 amide bonds. The molecule has 0 saturated carbocycles. The molecule has 0 aromatic rings. The first-order valence-electron chi connectivity index (χ1n) is 4.58. The van der Waals surface area contributed by atoms with Crippen LogP contribution in [0.5, 0.6) is 0 Å². The van der Waals surface area contributed by atoms with Crippen LogP contribution in [-0.4, -0.2) is 12.1 Å². The van der Waals surface area contributed by atoms with Crippen LogP contribution < -0.4 is 5.32 Å². The summed E-state index contributed by atoms with van der Waals surface area (Å²) in [6, 6.07) is 1.19. The lowest BCUT2D eigenvalue weighted by Crippen LogP contribution is -2.45. The van der Waals surface area contributed by atoms with Gasteiger partial charge in [-0.25, -0.2) is 0 Å². The molecule has 1 nitrogen and oxygen atoms in total. The summed E-state index contributed by atoms with van der Waals surface area (Å²) in [4.78, 5) is 0. The minimum Gasteiger partial charge on any atom is -0.308 e. The van der Waals surface area contributed by atoms with Crippen molar-refractivity contribution in [1.29, 1.82) is 0 Å². The van der Waals surface area contributed by atoms with Gasteiger partial charge in [-0.3, -0.25) is 0 Å². The Kier molecular flexibility index (Phi) is 2.72. The zero-order valence-corrected chi connectivity index (χ0v) is 7.85. The van der Waals surface area contributed by atoms with E-state index in [1.165, 1.54) is 18.4 Å². The Labute approximate surface area is 69.9 Å². The fourth-order valence-corrected chi connectivity index (χ4v) is 1.84. The van der Waals surface area contributed by atoms with Gasteiger partial charge in [-0.15, -0.1) is 0 Å². The fourth-order valence-electron chi connectivity index (χ4n) is 1.84. The van der Waals surface area contributed by atoms with E-state index in [1.807, 2.05) is 0 Å². The van der Waals surface area contributed by atoms with Crippen molar-refractivity contribution in [3.63, 3.8) is 0 Å². The van der Waals surface area contributed by atoms with E-state index in [0.717, 1.165) is 5.92 Å². The maximum atomic E-state index is 4.07. The van der Waals surface area contributed by atoms with E-state index in [2.05, 4.69) is 32.7 Å². The van der Waals surface area contributed by atoms with Crippen LogP contribution in [0.3, 0.4) is 0 Å². The molecule has 1 aliphatic rings. The van der Waals surface area contributed by atoms with Crippen molar-refractivity contribution in [2.75, 3.05) is 0 Å². The van der Waals surface area contributed by atoms with Crippen molar-refractivity contribution in [2.24, 2.45) is 5.92 Å². The van der Waals surface area contributed by atoms with E-state index >= 15 is 0 Å². The molecule has 1 heterocycles. The predicted octanol–water partition coefficient (Wildman–Crippen LogP) is 2.34. The molecule has 1 aliphatic heterocycles. The molecule has 3 unspecified atom stereocenters. The average molecular weight is 153 g/mol. The minimum absolute atomic E-state index is 0.521. The van der Waals surface area contributed by atoms with Crippen molar-refractivity contribution < 1.29 is 0 Å². The first-order chi connectivity index (χ1) is 5.15. The molecule has 1 rings (SSSR count). The van der Waals surface area contributed by atoms with E-state index in [9.17, 15) is 0 Å². The Morgan fingerprint density at radius 2 is 2.18 bits per heavy atom. The first-order valence-corrected chi connectivity index (χ1v) is 4.58. The summed E-state index contributed by atoms with van der Waals surface area (Å²) in [5.41, 5.74) is 1.37. The molecule has 1 N–H and O–H groups in total. The van der Waals surface area contributed by atoms with Gasteiger partial charge in [-0.05, 0) is 26.2 Å². The molecule has 0 spiro atoms. The summed E-state index contributed by atoms with van der Waals surface area (Å²) in [6.07, 6.45) is 2.48. The average Bonchev–Trinajstić information content (AvgIpc) is 1.97. The van der Waals surface area contributed by atoms with E-state index in [0.29, 0.717) is 12.1 Å². The smallest absolute Gasteiger partial charge is 0.0251 e. The van der Waals surface area contributed by atoms with Crippen molar-refractivity contribution in [3.05, 3.63) is 12.2 Å². The van der Waals surface area contributed by atoms with Crippen molar-refractivity contribution in [1.82, 2.24) is 5.32 Å². The monoisotopic (exact) mass is 153 g/mol. The quantitative estimate of drug-likeness (QED) is 0.570. The predicted molar refractivity (Wildman–Crippen MR) is 49.6 cm³/mol. The highest BCUT2D eigenvalue weighted by Gasteiger charge is 2.25. The molecule has 64 valence electrons. The Bertz CT molecular complexity index is 151. The van der Waals surface area contributed by atoms with Crippen LogP contribution in [0.1, 0.15) is 33.6 Å². The molecule has 1 fully saturated rings. The fraction of sp³-hybridized carbons (Fsp3) is 0.800. The van der Waals surface area contributed by atoms with Gasteiger partial charge in [0.2, 0.25) is 0 Å². The maximum absolute atomic E-state index is 4.07. The molecule has 11 heavy (non-hydrogen) atoms. The second-order valence-corrected chi connectivity index (χ2v) is 3.71. The van der Waals surface area contributed by atoms with Crippen molar-refractivity contribution >= 4 is 0 Å². The van der Waals surface area contributed by atoms with Gasteiger partial charge in [-0.2, -0.15) is 0 Å². The summed E-state index contributed by atoms with van der Waals surface area (Å²) in [5.74, 6) is 0.804. The van der Waals surface area contributed by atoms with Gasteiger partial charge < -0.3 is 5.32 Å². The first kappa shape index (κ1) is 8.79. The molecule has 0 radical (unpaired) electrons. The lowest BCUT2D eigenvalue weighted by molar-refractivity contribution is 0.299. The molecule has 1 heteroatoms. The van der Waals surface area contributed by atoms with E-state index in [1.54, 1.807) is 0 Å². The molecule has 3 atom stereocenters. The number of nitrogens with one attached hydrogen (secondary N) is 1. The zero-order chi connectivity index (χ0) is 8.43. The maximum Gasteiger partial charge on any atom is 0.0251 e. The van der Waals surface area contributed by atoms with Gasteiger partial charge in [0.05, 0.1) is 0 Å². The van der Waals surface area contributed by atoms with Crippen molar-refractivity contribution in [2.45, 2.75) is 45.7 Å². The molecular weight excluding hydrogens is 134 g/mol. The summed E-state index contributed by atoms with van der Waals surface area (Å²) in [7, 11) is 0. The normalized spacial score (nSPS) is 39.2. The summed E-state index contributed by atoms with van der Waals surface area (Å²) < 4.78 is 0. The molecule has 0 bridgehead atoms. The van der Waals surface area contributed by atoms with Gasteiger partial charge in [0.15, 0.2) is 0 Å². The van der Waals surface area contributed by atoms with Gasteiger partial charge in [0.25, 0.3) is 0 Å². The Morgan fingerprint density at radius 3 is 2.73 bits per heavy atom. The van der Waals surface area contributed by atoms with Gasteiger partial charge >= 0.3 is 0 Å². The van der Waals surface area contributed by atoms with Crippen LogP contribution >= 0.6 is 0 Å². The topological polar surface area (TPSA) is 12.0 Å². The summed E-state index contributed by atoms with van der Waals surface area (Å²) >= 11 is 0.